The zero-order valence-corrected chi connectivity index (χ0v) is 10.1. The van der Waals surface area contributed by atoms with Crippen LogP contribution in [0.3, 0.4) is 0 Å². The fourth-order valence-corrected chi connectivity index (χ4v) is 1.85. The molecular formula is C12H11BrN2O. The number of nitrogens with one attached hydrogen (secondary N) is 1. The van der Waals surface area contributed by atoms with E-state index in [1.54, 1.807) is 18.2 Å². The minimum absolute atomic E-state index is 0.0804. The summed E-state index contributed by atoms with van der Waals surface area (Å²) in [7, 11) is 0. The summed E-state index contributed by atoms with van der Waals surface area (Å²) in [5.74, 6) is -0.0804. The van der Waals surface area contributed by atoms with Gasteiger partial charge in [-0.05, 0) is 24.3 Å². The molecule has 0 fully saturated rings. The Morgan fingerprint density at radius 2 is 2.25 bits per heavy atom. The lowest BCUT2D eigenvalue weighted by atomic mass is 10.0. The first-order chi connectivity index (χ1) is 7.68. The lowest BCUT2D eigenvalue weighted by Gasteiger charge is -2.12. The van der Waals surface area contributed by atoms with E-state index in [-0.39, 0.29) is 5.78 Å². The number of allylic oxidation sites excluding steroid dienone is 3. The van der Waals surface area contributed by atoms with E-state index >= 15 is 0 Å². The number of hydrogen-bond donors (Lipinski definition) is 2. The highest BCUT2D eigenvalue weighted by Gasteiger charge is 2.15. The third kappa shape index (κ3) is 2.17. The fourth-order valence-electron chi connectivity index (χ4n) is 1.49. The largest absolute Gasteiger partial charge is 0.398 e. The SMILES string of the molecule is Nc1ccc(Br)cc1C(=O)C1=CC=CCN1. The van der Waals surface area contributed by atoms with Crippen molar-refractivity contribution < 1.29 is 4.79 Å². The Morgan fingerprint density at radius 3 is 2.94 bits per heavy atom. The van der Waals surface area contributed by atoms with Crippen molar-refractivity contribution in [3.63, 3.8) is 0 Å². The van der Waals surface area contributed by atoms with Crippen molar-refractivity contribution in [1.29, 1.82) is 0 Å². The van der Waals surface area contributed by atoms with E-state index in [2.05, 4.69) is 21.2 Å². The van der Waals surface area contributed by atoms with E-state index in [0.29, 0.717) is 23.5 Å². The molecule has 0 unspecified atom stereocenters. The number of Topliss-reactive ketones (excluding diaryl/α,β-unsaturated/α-hetero) is 1. The van der Waals surface area contributed by atoms with Crippen LogP contribution in [0.25, 0.3) is 0 Å². The normalized spacial score (nSPS) is 14.2. The molecule has 3 N–H and O–H groups in total. The van der Waals surface area contributed by atoms with Gasteiger partial charge in [0, 0.05) is 22.3 Å². The highest BCUT2D eigenvalue weighted by Crippen LogP contribution is 2.21. The van der Waals surface area contributed by atoms with Gasteiger partial charge in [-0.15, -0.1) is 0 Å². The predicted molar refractivity (Wildman–Crippen MR) is 68.1 cm³/mol. The van der Waals surface area contributed by atoms with E-state index < -0.39 is 0 Å². The Bertz CT molecular complexity index is 492. The number of benzene rings is 1. The third-order valence-corrected chi connectivity index (χ3v) is 2.81. The van der Waals surface area contributed by atoms with E-state index in [1.165, 1.54) is 0 Å². The van der Waals surface area contributed by atoms with E-state index in [9.17, 15) is 4.79 Å². The summed E-state index contributed by atoms with van der Waals surface area (Å²) in [6.07, 6.45) is 5.56. The van der Waals surface area contributed by atoms with Gasteiger partial charge in [-0.3, -0.25) is 4.79 Å². The minimum Gasteiger partial charge on any atom is -0.398 e. The van der Waals surface area contributed by atoms with Crippen molar-refractivity contribution in [3.05, 3.63) is 52.2 Å². The van der Waals surface area contributed by atoms with Gasteiger partial charge in [0.1, 0.15) is 0 Å². The Balaban J connectivity index is 2.37. The molecule has 1 aromatic carbocycles. The summed E-state index contributed by atoms with van der Waals surface area (Å²) < 4.78 is 0.844. The monoisotopic (exact) mass is 278 g/mol. The Hall–Kier alpha value is -1.55. The van der Waals surface area contributed by atoms with Crippen molar-refractivity contribution in [2.75, 3.05) is 12.3 Å². The Morgan fingerprint density at radius 1 is 1.44 bits per heavy atom. The molecule has 1 heterocycles. The average Bonchev–Trinajstić information content (AvgIpc) is 2.32. The van der Waals surface area contributed by atoms with Crippen LogP contribution in [0, 0.1) is 0 Å². The number of nitrogens with two attached hydrogens (primary N) is 1. The van der Waals surface area contributed by atoms with Crippen LogP contribution in [0.1, 0.15) is 10.4 Å². The van der Waals surface area contributed by atoms with Gasteiger partial charge in [-0.1, -0.05) is 28.1 Å². The van der Waals surface area contributed by atoms with Gasteiger partial charge < -0.3 is 11.1 Å². The Labute approximate surface area is 102 Å². The summed E-state index contributed by atoms with van der Waals surface area (Å²) in [6.45, 7) is 0.672. The molecule has 0 aromatic heterocycles. The zero-order valence-electron chi connectivity index (χ0n) is 8.53. The number of hydrogen-bond acceptors (Lipinski definition) is 3. The van der Waals surface area contributed by atoms with Gasteiger partial charge in [0.05, 0.1) is 5.70 Å². The molecule has 2 rings (SSSR count). The van der Waals surface area contributed by atoms with Gasteiger partial charge in [0.15, 0.2) is 0 Å². The number of rotatable bonds is 2. The van der Waals surface area contributed by atoms with Crippen molar-refractivity contribution in [1.82, 2.24) is 5.32 Å². The number of ketones is 1. The zero-order chi connectivity index (χ0) is 11.5. The molecular weight excluding hydrogens is 268 g/mol. The van der Waals surface area contributed by atoms with Crippen LogP contribution in [0.4, 0.5) is 5.69 Å². The molecule has 1 aromatic rings. The van der Waals surface area contributed by atoms with Gasteiger partial charge in [0.25, 0.3) is 0 Å². The molecule has 0 atom stereocenters. The fraction of sp³-hybridized carbons (Fsp3) is 0.0833. The predicted octanol–water partition coefficient (Wildman–Crippen LogP) is 2.26. The molecule has 0 amide bonds. The summed E-state index contributed by atoms with van der Waals surface area (Å²) in [6, 6.07) is 5.27. The second kappa shape index (κ2) is 4.53. The summed E-state index contributed by atoms with van der Waals surface area (Å²) in [5, 5.41) is 3.02. The van der Waals surface area contributed by atoms with Crippen molar-refractivity contribution in [2.45, 2.75) is 0 Å². The van der Waals surface area contributed by atoms with Gasteiger partial charge in [-0.25, -0.2) is 0 Å². The molecule has 3 nitrogen and oxygen atoms in total. The highest BCUT2D eigenvalue weighted by atomic mass is 79.9. The molecule has 16 heavy (non-hydrogen) atoms. The number of carbonyl (C=O) groups is 1. The maximum Gasteiger partial charge on any atom is 0.210 e. The summed E-state index contributed by atoms with van der Waals surface area (Å²) in [4.78, 5) is 12.1. The third-order valence-electron chi connectivity index (χ3n) is 2.31. The second-order valence-corrected chi connectivity index (χ2v) is 4.37. The first kappa shape index (κ1) is 11.0. The van der Waals surface area contributed by atoms with Crippen LogP contribution in [-0.2, 0) is 0 Å². The van der Waals surface area contributed by atoms with Crippen molar-refractivity contribution in [3.8, 4) is 0 Å². The van der Waals surface area contributed by atoms with E-state index in [4.69, 9.17) is 5.73 Å². The van der Waals surface area contributed by atoms with Crippen LogP contribution < -0.4 is 11.1 Å². The lowest BCUT2D eigenvalue weighted by molar-refractivity contribution is 0.102. The molecule has 0 bridgehead atoms. The molecule has 4 heteroatoms. The topological polar surface area (TPSA) is 55.1 Å². The van der Waals surface area contributed by atoms with Crippen molar-refractivity contribution >= 4 is 27.4 Å². The molecule has 1 aliphatic rings. The maximum atomic E-state index is 12.1. The molecule has 0 spiro atoms. The minimum atomic E-state index is -0.0804. The number of carbonyl (C=O) groups excluding carboxylic acids is 1. The maximum absolute atomic E-state index is 12.1. The second-order valence-electron chi connectivity index (χ2n) is 3.45. The van der Waals surface area contributed by atoms with Crippen molar-refractivity contribution in [2.24, 2.45) is 0 Å². The first-order valence-electron chi connectivity index (χ1n) is 4.89. The standard InChI is InChI=1S/C12H11BrN2O/c13-8-4-5-10(14)9(7-8)12(16)11-3-1-2-6-15-11/h1-5,7,15H,6,14H2. The Kier molecular flexibility index (Phi) is 3.10. The van der Waals surface area contributed by atoms with Crippen LogP contribution in [0.2, 0.25) is 0 Å². The van der Waals surface area contributed by atoms with Crippen LogP contribution in [0.15, 0.2) is 46.6 Å². The number of anilines is 1. The number of nitrogen functional groups attached to an aromatic ring is 1. The van der Waals surface area contributed by atoms with Crippen LogP contribution >= 0.6 is 15.9 Å². The number of halogens is 1. The van der Waals surface area contributed by atoms with Crippen LogP contribution in [0.5, 0.6) is 0 Å². The average molecular weight is 279 g/mol. The summed E-state index contributed by atoms with van der Waals surface area (Å²) in [5.41, 5.74) is 7.37. The van der Waals surface area contributed by atoms with E-state index in [1.807, 2.05) is 18.2 Å². The lowest BCUT2D eigenvalue weighted by Crippen LogP contribution is -2.23. The quantitative estimate of drug-likeness (QED) is 0.645. The number of dihydropyridines is 1. The first-order valence-corrected chi connectivity index (χ1v) is 5.68. The molecule has 0 saturated heterocycles. The smallest absolute Gasteiger partial charge is 0.210 e. The van der Waals surface area contributed by atoms with Gasteiger partial charge in [-0.2, -0.15) is 0 Å². The van der Waals surface area contributed by atoms with E-state index in [0.717, 1.165) is 4.47 Å². The van der Waals surface area contributed by atoms with Gasteiger partial charge in [0.2, 0.25) is 5.78 Å². The van der Waals surface area contributed by atoms with Crippen LogP contribution in [-0.4, -0.2) is 12.3 Å². The molecule has 0 radical (unpaired) electrons. The summed E-state index contributed by atoms with van der Waals surface area (Å²) >= 11 is 3.33. The molecule has 1 aliphatic heterocycles. The van der Waals surface area contributed by atoms with Gasteiger partial charge >= 0.3 is 0 Å². The molecule has 0 aliphatic carbocycles. The molecule has 82 valence electrons. The highest BCUT2D eigenvalue weighted by molar-refractivity contribution is 9.10. The molecule has 0 saturated carbocycles.